The molecule has 1 aliphatic rings. The zero-order chi connectivity index (χ0) is 29.8. The number of rotatable bonds is 7. The third kappa shape index (κ3) is 5.86. The van der Waals surface area contributed by atoms with Crippen molar-refractivity contribution in [2.75, 3.05) is 31.6 Å². The highest BCUT2D eigenvalue weighted by molar-refractivity contribution is 6.33. The van der Waals surface area contributed by atoms with E-state index < -0.39 is 5.82 Å². The predicted molar refractivity (Wildman–Crippen MR) is 161 cm³/mol. The van der Waals surface area contributed by atoms with Gasteiger partial charge < -0.3 is 9.80 Å². The lowest BCUT2D eigenvalue weighted by Gasteiger charge is -2.41. The lowest BCUT2D eigenvalue weighted by molar-refractivity contribution is -0.128. The molecule has 214 valence electrons. The minimum Gasteiger partial charge on any atom is -0.350 e. The Morgan fingerprint density at radius 3 is 2.61 bits per heavy atom. The fourth-order valence-electron chi connectivity index (χ4n) is 5.19. The van der Waals surface area contributed by atoms with Crippen molar-refractivity contribution in [3.63, 3.8) is 0 Å². The number of piperazine rings is 1. The maximum atomic E-state index is 15.0. The number of nitrogens with zero attached hydrogens (tertiary/aromatic N) is 6. The van der Waals surface area contributed by atoms with Crippen LogP contribution in [0, 0.1) is 12.7 Å². The molecule has 0 saturated carbocycles. The lowest BCUT2D eigenvalue weighted by Crippen LogP contribution is -2.55. The molecule has 0 aliphatic carbocycles. The van der Waals surface area contributed by atoms with Crippen LogP contribution in [0.2, 0.25) is 5.02 Å². The first-order chi connectivity index (χ1) is 19.6. The van der Waals surface area contributed by atoms with Gasteiger partial charge in [0.2, 0.25) is 12.3 Å². The summed E-state index contributed by atoms with van der Waals surface area (Å²) in [5.74, 6) is 0.181. The Morgan fingerprint density at radius 2 is 2.00 bits per heavy atom. The molecule has 1 fully saturated rings. The molecule has 2 aromatic heterocycles. The summed E-state index contributed by atoms with van der Waals surface area (Å²) in [5.41, 5.74) is 3.05. The van der Waals surface area contributed by atoms with E-state index in [0.717, 1.165) is 5.56 Å². The van der Waals surface area contributed by atoms with Crippen LogP contribution in [0.4, 0.5) is 15.9 Å². The highest BCUT2D eigenvalue weighted by Crippen LogP contribution is 2.39. The van der Waals surface area contributed by atoms with Crippen molar-refractivity contribution in [1.29, 1.82) is 0 Å². The Kier molecular flexibility index (Phi) is 9.18. The number of pyridine rings is 2. The van der Waals surface area contributed by atoms with Crippen LogP contribution < -0.4 is 4.90 Å². The molecule has 0 radical (unpaired) electrons. The van der Waals surface area contributed by atoms with E-state index in [0.29, 0.717) is 48.8 Å². The second-order valence-corrected chi connectivity index (χ2v) is 10.6. The topological polar surface area (TPSA) is 82.0 Å². The molecule has 10 heteroatoms. The van der Waals surface area contributed by atoms with Gasteiger partial charge in [-0.25, -0.2) is 9.37 Å². The van der Waals surface area contributed by atoms with E-state index in [2.05, 4.69) is 21.5 Å². The van der Waals surface area contributed by atoms with Crippen LogP contribution in [0.15, 0.2) is 60.2 Å². The van der Waals surface area contributed by atoms with E-state index in [4.69, 9.17) is 16.6 Å². The van der Waals surface area contributed by atoms with Crippen molar-refractivity contribution in [2.24, 2.45) is 4.99 Å². The van der Waals surface area contributed by atoms with E-state index in [1.54, 1.807) is 42.4 Å². The molecule has 41 heavy (non-hydrogen) atoms. The van der Waals surface area contributed by atoms with Crippen LogP contribution in [0.1, 0.15) is 43.5 Å². The van der Waals surface area contributed by atoms with Gasteiger partial charge in [0, 0.05) is 44.5 Å². The smallest absolute Gasteiger partial charge is 0.246 e. The van der Waals surface area contributed by atoms with Crippen LogP contribution >= 0.6 is 11.6 Å². The molecule has 0 N–H and O–H groups in total. The molecule has 2 amide bonds. The first-order valence-electron chi connectivity index (χ1n) is 13.4. The summed E-state index contributed by atoms with van der Waals surface area (Å²) in [6.07, 6.45) is 3.71. The van der Waals surface area contributed by atoms with Gasteiger partial charge >= 0.3 is 0 Å². The highest BCUT2D eigenvalue weighted by atomic mass is 35.5. The van der Waals surface area contributed by atoms with Gasteiger partial charge in [-0.05, 0) is 55.7 Å². The molecule has 1 aliphatic heterocycles. The standard InChI is InChI=1S/C31H34ClFN6O2/c1-7-26(41)37-14-15-38(21(5)17-37)30(34-6)23-16-24(32)28(22-10-8-9-11-25(22)33)36-31(23)39(18-40)29-20(4)12-13-35-27(29)19(2)3/h7-13,16,18-19,21H,1,14-15,17H2,2-6H3. The summed E-state index contributed by atoms with van der Waals surface area (Å²) in [4.78, 5) is 44.5. The number of hydrogen-bond donors (Lipinski definition) is 0. The van der Waals surface area contributed by atoms with Crippen molar-refractivity contribution in [2.45, 2.75) is 39.7 Å². The first-order valence-corrected chi connectivity index (χ1v) is 13.8. The largest absolute Gasteiger partial charge is 0.350 e. The molecule has 4 rings (SSSR count). The van der Waals surface area contributed by atoms with E-state index in [1.807, 2.05) is 33.8 Å². The summed E-state index contributed by atoms with van der Waals surface area (Å²) in [6.45, 7) is 12.9. The van der Waals surface area contributed by atoms with E-state index >= 15 is 0 Å². The fourth-order valence-corrected chi connectivity index (χ4v) is 5.44. The lowest BCUT2D eigenvalue weighted by atomic mass is 10.0. The van der Waals surface area contributed by atoms with Gasteiger partial charge in [0.05, 0.1) is 27.7 Å². The number of aliphatic imine (C=N–C) groups is 1. The molecule has 8 nitrogen and oxygen atoms in total. The Bertz CT molecular complexity index is 1510. The summed E-state index contributed by atoms with van der Waals surface area (Å²) in [6, 6.07) is 9.63. The zero-order valence-corrected chi connectivity index (χ0v) is 24.7. The molecule has 3 heterocycles. The van der Waals surface area contributed by atoms with Gasteiger partial charge in [-0.2, -0.15) is 0 Å². The van der Waals surface area contributed by atoms with Gasteiger partial charge in [0.1, 0.15) is 11.7 Å². The molecule has 3 aromatic rings. The maximum absolute atomic E-state index is 15.0. The Hall–Kier alpha value is -4.11. The maximum Gasteiger partial charge on any atom is 0.246 e. The quantitative estimate of drug-likeness (QED) is 0.155. The SMILES string of the molecule is C=CC(=O)N1CCN(C(=NC)c2cc(Cl)c(-c3ccccc3F)nc2N(C=O)c2c(C)ccnc2C(C)C)C(C)C1. The van der Waals surface area contributed by atoms with Crippen LogP contribution in [0.25, 0.3) is 11.3 Å². The average molecular weight is 577 g/mol. The minimum absolute atomic E-state index is 0.00366. The highest BCUT2D eigenvalue weighted by Gasteiger charge is 2.32. The van der Waals surface area contributed by atoms with Crippen molar-refractivity contribution < 1.29 is 14.0 Å². The molecule has 1 unspecified atom stereocenters. The third-order valence-electron chi connectivity index (χ3n) is 7.20. The zero-order valence-electron chi connectivity index (χ0n) is 23.9. The molecule has 1 atom stereocenters. The Labute approximate surface area is 245 Å². The van der Waals surface area contributed by atoms with E-state index in [-0.39, 0.29) is 40.0 Å². The summed E-state index contributed by atoms with van der Waals surface area (Å²) in [5, 5.41) is 0.209. The van der Waals surface area contributed by atoms with Crippen molar-refractivity contribution in [3.8, 4) is 11.3 Å². The van der Waals surface area contributed by atoms with Gasteiger partial charge in [-0.15, -0.1) is 0 Å². The molecular weight excluding hydrogens is 543 g/mol. The number of carbonyl (C=O) groups is 2. The van der Waals surface area contributed by atoms with Crippen LogP contribution in [-0.4, -0.2) is 70.6 Å². The van der Waals surface area contributed by atoms with E-state index in [1.165, 1.54) is 17.0 Å². The van der Waals surface area contributed by atoms with E-state index in [9.17, 15) is 14.0 Å². The number of halogens is 2. The van der Waals surface area contributed by atoms with Crippen LogP contribution in [-0.2, 0) is 9.59 Å². The molecular formula is C31H34ClFN6O2. The molecule has 0 spiro atoms. The number of aryl methyl sites for hydroxylation is 1. The second-order valence-electron chi connectivity index (χ2n) is 10.2. The van der Waals surface area contributed by atoms with Gasteiger partial charge in [0.15, 0.2) is 5.82 Å². The number of amides is 2. The number of anilines is 2. The van der Waals surface area contributed by atoms with Gasteiger partial charge in [0.25, 0.3) is 0 Å². The summed E-state index contributed by atoms with van der Waals surface area (Å²) >= 11 is 6.79. The van der Waals surface area contributed by atoms with Gasteiger partial charge in [-0.1, -0.05) is 44.2 Å². The van der Waals surface area contributed by atoms with Crippen LogP contribution in [0.3, 0.4) is 0 Å². The Morgan fingerprint density at radius 1 is 1.27 bits per heavy atom. The van der Waals surface area contributed by atoms with Crippen molar-refractivity contribution in [1.82, 2.24) is 19.8 Å². The predicted octanol–water partition coefficient (Wildman–Crippen LogP) is 5.76. The molecule has 1 saturated heterocycles. The summed E-state index contributed by atoms with van der Waals surface area (Å²) < 4.78 is 15.0. The average Bonchev–Trinajstić information content (AvgIpc) is 2.96. The van der Waals surface area contributed by atoms with Crippen molar-refractivity contribution >= 4 is 41.3 Å². The number of hydrogen-bond acceptors (Lipinski definition) is 5. The second kappa shape index (κ2) is 12.6. The number of amidine groups is 1. The van der Waals surface area contributed by atoms with Gasteiger partial charge in [-0.3, -0.25) is 24.5 Å². The first kappa shape index (κ1) is 29.9. The molecule has 0 bridgehead atoms. The summed E-state index contributed by atoms with van der Waals surface area (Å²) in [7, 11) is 1.66. The number of aromatic nitrogens is 2. The third-order valence-corrected chi connectivity index (χ3v) is 7.49. The Balaban J connectivity index is 1.95. The van der Waals surface area contributed by atoms with Crippen molar-refractivity contribution in [3.05, 3.63) is 82.9 Å². The normalized spacial score (nSPS) is 15.7. The number of benzene rings is 1. The minimum atomic E-state index is -0.486. The number of carbonyl (C=O) groups excluding carboxylic acids is 2. The fraction of sp³-hybridized carbons (Fsp3) is 0.323. The van der Waals surface area contributed by atoms with Crippen LogP contribution in [0.5, 0.6) is 0 Å². The molecule has 1 aromatic carbocycles. The monoisotopic (exact) mass is 576 g/mol.